The average Bonchev–Trinajstić information content (AvgIpc) is 2.48. The molecule has 1 N–H and O–H groups in total. The quantitative estimate of drug-likeness (QED) is 0.865. The number of likely N-dealkylation sites (N-methyl/N-ethyl adjacent to an activating group) is 1. The SMILES string of the molecule is CCNCC(C)(CN1CCS(=O)CC1)c1ccccc1. The summed E-state index contributed by atoms with van der Waals surface area (Å²) in [6.45, 7) is 9.40. The third-order valence-electron chi connectivity index (χ3n) is 4.08. The van der Waals surface area contributed by atoms with E-state index in [0.29, 0.717) is 0 Å². The van der Waals surface area contributed by atoms with Gasteiger partial charge < -0.3 is 10.2 Å². The van der Waals surface area contributed by atoms with Crippen molar-refractivity contribution in [1.29, 1.82) is 0 Å². The third-order valence-corrected chi connectivity index (χ3v) is 5.35. The van der Waals surface area contributed by atoms with Gasteiger partial charge in [0.2, 0.25) is 0 Å². The van der Waals surface area contributed by atoms with Crippen LogP contribution in [0.3, 0.4) is 0 Å². The highest BCUT2D eigenvalue weighted by atomic mass is 32.2. The number of rotatable bonds is 6. The van der Waals surface area contributed by atoms with Gasteiger partial charge in [0.1, 0.15) is 0 Å². The molecule has 1 aromatic carbocycles. The Balaban J connectivity index is 2.08. The lowest BCUT2D eigenvalue weighted by atomic mass is 9.81. The summed E-state index contributed by atoms with van der Waals surface area (Å²) < 4.78 is 11.5. The van der Waals surface area contributed by atoms with Gasteiger partial charge in [0.25, 0.3) is 0 Å². The van der Waals surface area contributed by atoms with Gasteiger partial charge in [0.05, 0.1) is 0 Å². The van der Waals surface area contributed by atoms with Crippen LogP contribution in [-0.2, 0) is 16.2 Å². The van der Waals surface area contributed by atoms with E-state index in [0.717, 1.165) is 44.2 Å². The van der Waals surface area contributed by atoms with Gasteiger partial charge in [-0.05, 0) is 12.1 Å². The van der Waals surface area contributed by atoms with E-state index >= 15 is 0 Å². The monoisotopic (exact) mass is 294 g/mol. The second-order valence-corrected chi connectivity index (χ2v) is 7.53. The Morgan fingerprint density at radius 2 is 1.90 bits per heavy atom. The number of nitrogens with zero attached hydrogens (tertiary/aromatic N) is 1. The highest BCUT2D eigenvalue weighted by molar-refractivity contribution is 7.85. The summed E-state index contributed by atoms with van der Waals surface area (Å²) in [5.41, 5.74) is 1.49. The number of hydrogen-bond acceptors (Lipinski definition) is 3. The lowest BCUT2D eigenvalue weighted by Crippen LogP contribution is -2.49. The molecule has 0 aromatic heterocycles. The fourth-order valence-corrected chi connectivity index (χ4v) is 3.95. The minimum absolute atomic E-state index is 0.107. The lowest BCUT2D eigenvalue weighted by molar-refractivity contribution is 0.227. The zero-order valence-corrected chi connectivity index (χ0v) is 13.4. The summed E-state index contributed by atoms with van der Waals surface area (Å²) in [6.07, 6.45) is 0. The second kappa shape index (κ2) is 7.34. The molecule has 1 unspecified atom stereocenters. The summed E-state index contributed by atoms with van der Waals surface area (Å²) in [7, 11) is -0.596. The standard InChI is InChI=1S/C16H26N2OS/c1-3-17-13-16(2,15-7-5-4-6-8-15)14-18-9-11-20(19)12-10-18/h4-8,17H,3,9-14H2,1-2H3. The largest absolute Gasteiger partial charge is 0.316 e. The smallest absolute Gasteiger partial charge is 0.0363 e. The van der Waals surface area contributed by atoms with Gasteiger partial charge in [-0.1, -0.05) is 44.2 Å². The molecule has 20 heavy (non-hydrogen) atoms. The maximum absolute atomic E-state index is 11.5. The number of nitrogens with one attached hydrogen (secondary N) is 1. The lowest BCUT2D eigenvalue weighted by Gasteiger charge is -2.37. The van der Waals surface area contributed by atoms with Crippen LogP contribution in [0.15, 0.2) is 30.3 Å². The molecule has 2 rings (SSSR count). The van der Waals surface area contributed by atoms with Crippen LogP contribution in [-0.4, -0.2) is 53.3 Å². The van der Waals surface area contributed by atoms with E-state index in [2.05, 4.69) is 54.4 Å². The predicted octanol–water partition coefficient (Wildman–Crippen LogP) is 1.62. The Hall–Kier alpha value is -0.710. The van der Waals surface area contributed by atoms with Crippen molar-refractivity contribution < 1.29 is 4.21 Å². The molecule has 1 heterocycles. The van der Waals surface area contributed by atoms with Crippen LogP contribution < -0.4 is 5.32 Å². The maximum atomic E-state index is 11.5. The molecule has 112 valence electrons. The van der Waals surface area contributed by atoms with Crippen molar-refractivity contribution in [2.75, 3.05) is 44.2 Å². The van der Waals surface area contributed by atoms with Crippen LogP contribution in [0.5, 0.6) is 0 Å². The van der Waals surface area contributed by atoms with Crippen LogP contribution in [0.4, 0.5) is 0 Å². The van der Waals surface area contributed by atoms with E-state index in [1.165, 1.54) is 5.56 Å². The third kappa shape index (κ3) is 4.14. The Labute approximate surface area is 125 Å². The highest BCUT2D eigenvalue weighted by Gasteiger charge is 2.30. The van der Waals surface area contributed by atoms with E-state index in [4.69, 9.17) is 0 Å². The van der Waals surface area contributed by atoms with E-state index in [-0.39, 0.29) is 5.41 Å². The van der Waals surface area contributed by atoms with Gasteiger partial charge in [0, 0.05) is 53.9 Å². The van der Waals surface area contributed by atoms with Crippen molar-refractivity contribution in [1.82, 2.24) is 10.2 Å². The Bertz CT molecular complexity index is 427. The molecule has 0 aliphatic carbocycles. The summed E-state index contributed by atoms with van der Waals surface area (Å²) in [5.74, 6) is 1.65. The topological polar surface area (TPSA) is 32.3 Å². The van der Waals surface area contributed by atoms with Crippen molar-refractivity contribution in [3.8, 4) is 0 Å². The van der Waals surface area contributed by atoms with Crippen molar-refractivity contribution in [3.05, 3.63) is 35.9 Å². The molecular formula is C16H26N2OS. The van der Waals surface area contributed by atoms with Crippen molar-refractivity contribution in [3.63, 3.8) is 0 Å². The second-order valence-electron chi connectivity index (χ2n) is 5.83. The summed E-state index contributed by atoms with van der Waals surface area (Å²) >= 11 is 0. The molecule has 1 atom stereocenters. The van der Waals surface area contributed by atoms with Crippen LogP contribution >= 0.6 is 0 Å². The van der Waals surface area contributed by atoms with Gasteiger partial charge >= 0.3 is 0 Å². The fourth-order valence-electron chi connectivity index (χ4n) is 2.82. The van der Waals surface area contributed by atoms with Crippen molar-refractivity contribution in [2.24, 2.45) is 0 Å². The molecule has 1 saturated heterocycles. The van der Waals surface area contributed by atoms with Crippen molar-refractivity contribution in [2.45, 2.75) is 19.3 Å². The van der Waals surface area contributed by atoms with E-state index in [9.17, 15) is 4.21 Å². The summed E-state index contributed by atoms with van der Waals surface area (Å²) in [5, 5.41) is 3.50. The minimum atomic E-state index is -0.596. The first-order valence-electron chi connectivity index (χ1n) is 7.47. The number of benzene rings is 1. The van der Waals surface area contributed by atoms with Gasteiger partial charge in [-0.25, -0.2) is 0 Å². The van der Waals surface area contributed by atoms with Gasteiger partial charge in [-0.15, -0.1) is 0 Å². The maximum Gasteiger partial charge on any atom is 0.0363 e. The highest BCUT2D eigenvalue weighted by Crippen LogP contribution is 2.25. The molecule has 0 radical (unpaired) electrons. The van der Waals surface area contributed by atoms with E-state index in [1.54, 1.807) is 0 Å². The summed E-state index contributed by atoms with van der Waals surface area (Å²) in [4.78, 5) is 2.46. The van der Waals surface area contributed by atoms with Crippen LogP contribution in [0.1, 0.15) is 19.4 Å². The van der Waals surface area contributed by atoms with E-state index in [1.807, 2.05) is 0 Å². The molecular weight excluding hydrogens is 268 g/mol. The molecule has 0 spiro atoms. The number of hydrogen-bond donors (Lipinski definition) is 1. The Kier molecular flexibility index (Phi) is 5.75. The van der Waals surface area contributed by atoms with Gasteiger partial charge in [0.15, 0.2) is 0 Å². The zero-order chi connectivity index (χ0) is 14.4. The first-order valence-corrected chi connectivity index (χ1v) is 8.96. The molecule has 1 aliphatic rings. The zero-order valence-electron chi connectivity index (χ0n) is 12.6. The Morgan fingerprint density at radius 3 is 2.50 bits per heavy atom. The van der Waals surface area contributed by atoms with Crippen molar-refractivity contribution >= 4 is 10.8 Å². The fraction of sp³-hybridized carbons (Fsp3) is 0.625. The van der Waals surface area contributed by atoms with Crippen LogP contribution in [0, 0.1) is 0 Å². The molecule has 0 amide bonds. The molecule has 0 saturated carbocycles. The van der Waals surface area contributed by atoms with Gasteiger partial charge in [-0.2, -0.15) is 0 Å². The summed E-state index contributed by atoms with van der Waals surface area (Å²) in [6, 6.07) is 10.7. The molecule has 4 heteroatoms. The average molecular weight is 294 g/mol. The normalized spacial score (nSPS) is 20.7. The van der Waals surface area contributed by atoms with Crippen LogP contribution in [0.25, 0.3) is 0 Å². The minimum Gasteiger partial charge on any atom is -0.316 e. The van der Waals surface area contributed by atoms with E-state index < -0.39 is 10.8 Å². The Morgan fingerprint density at radius 1 is 1.25 bits per heavy atom. The predicted molar refractivity (Wildman–Crippen MR) is 86.7 cm³/mol. The first-order chi connectivity index (χ1) is 9.64. The molecule has 1 aliphatic heterocycles. The molecule has 1 aromatic rings. The molecule has 1 fully saturated rings. The molecule has 3 nitrogen and oxygen atoms in total. The van der Waals surface area contributed by atoms with Crippen LogP contribution in [0.2, 0.25) is 0 Å². The molecule has 0 bridgehead atoms. The van der Waals surface area contributed by atoms with Gasteiger partial charge in [-0.3, -0.25) is 4.21 Å². The first kappa shape index (κ1) is 15.7.